The number of rotatable bonds is 61. The van der Waals surface area contributed by atoms with Crippen LogP contribution in [0.15, 0.2) is 60.8 Å². The Hall–Kier alpha value is -2.89. The number of unbranched alkanes of at least 4 members (excludes halogenated alkanes) is 41. The van der Waals surface area contributed by atoms with Crippen molar-refractivity contribution in [3.63, 3.8) is 0 Å². The lowest BCUT2D eigenvalue weighted by Crippen LogP contribution is -2.30. The summed E-state index contributed by atoms with van der Waals surface area (Å²) in [4.78, 5) is 38.2. The predicted molar refractivity (Wildman–Crippen MR) is 330 cm³/mol. The van der Waals surface area contributed by atoms with Crippen LogP contribution in [-0.4, -0.2) is 37.2 Å². The number of ether oxygens (including phenoxy) is 3. The molecule has 0 aromatic carbocycles. The predicted octanol–water partition coefficient (Wildman–Crippen LogP) is 22.7. The van der Waals surface area contributed by atoms with Crippen LogP contribution in [-0.2, 0) is 28.6 Å². The van der Waals surface area contributed by atoms with Crippen LogP contribution in [0.4, 0.5) is 0 Å². The Morgan fingerprint density at radius 1 is 0.276 bits per heavy atom. The fraction of sp³-hybridized carbons (Fsp3) is 0.814. The molecule has 6 nitrogen and oxygen atoms in total. The van der Waals surface area contributed by atoms with Gasteiger partial charge in [0, 0.05) is 12.8 Å². The van der Waals surface area contributed by atoms with Crippen molar-refractivity contribution in [2.24, 2.45) is 0 Å². The highest BCUT2D eigenvalue weighted by Crippen LogP contribution is 2.18. The monoisotopic (exact) mass is 1060 g/mol. The number of carbonyl (C=O) groups is 3. The Labute approximate surface area is 472 Å². The van der Waals surface area contributed by atoms with E-state index < -0.39 is 12.1 Å². The van der Waals surface area contributed by atoms with Gasteiger partial charge in [-0.3, -0.25) is 14.4 Å². The van der Waals surface area contributed by atoms with E-state index in [1.165, 1.54) is 238 Å². The Balaban J connectivity index is 4.27. The highest BCUT2D eigenvalue weighted by molar-refractivity contribution is 5.72. The topological polar surface area (TPSA) is 78.9 Å². The minimum atomic E-state index is -0.811. The minimum Gasteiger partial charge on any atom is -0.462 e. The van der Waals surface area contributed by atoms with Gasteiger partial charge in [-0.15, -0.1) is 0 Å². The van der Waals surface area contributed by atoms with Crippen molar-refractivity contribution in [3.05, 3.63) is 60.8 Å². The van der Waals surface area contributed by atoms with E-state index in [1.807, 2.05) is 12.2 Å². The molecule has 0 aliphatic carbocycles. The minimum absolute atomic E-state index is 0.0992. The maximum atomic E-state index is 12.9. The first-order valence-corrected chi connectivity index (χ1v) is 33.3. The number of esters is 3. The van der Waals surface area contributed by atoms with Crippen molar-refractivity contribution >= 4 is 17.9 Å². The SMILES string of the molecule is CC/C=C\C/C=C\C/C=C\C/C=C\C/C=C\CC(=O)OCC(COC(=O)CCCCCCCCCCCCCCCCCCCCCCCCCCCCC)OC(=O)CCCCCCCCCCCCCCCCCC. The molecule has 76 heavy (non-hydrogen) atoms. The molecular formula is C70H126O6. The highest BCUT2D eigenvalue weighted by Gasteiger charge is 2.19. The third-order valence-electron chi connectivity index (χ3n) is 14.8. The second-order valence-electron chi connectivity index (χ2n) is 22.4. The number of carbonyl (C=O) groups excluding carboxylic acids is 3. The molecule has 1 atom stereocenters. The quantitative estimate of drug-likeness (QED) is 0.0261. The molecule has 0 amide bonds. The molecule has 0 saturated heterocycles. The molecule has 0 fully saturated rings. The fourth-order valence-corrected chi connectivity index (χ4v) is 9.87. The normalized spacial score (nSPS) is 12.4. The van der Waals surface area contributed by atoms with E-state index in [0.29, 0.717) is 12.8 Å². The highest BCUT2D eigenvalue weighted by atomic mass is 16.6. The van der Waals surface area contributed by atoms with Crippen molar-refractivity contribution in [1.29, 1.82) is 0 Å². The summed E-state index contributed by atoms with van der Waals surface area (Å²) in [5.41, 5.74) is 0. The van der Waals surface area contributed by atoms with Crippen LogP contribution in [0.3, 0.4) is 0 Å². The standard InChI is InChI=1S/C70H126O6/c1-4-7-10-13-16-19-22-25-28-30-31-32-33-34-35-36-37-38-39-40-43-45-48-51-54-57-60-63-69(72)75-66-67(65-74-68(71)62-59-56-53-50-47-44-41-27-24-21-18-15-12-9-6-3)76-70(73)64-61-58-55-52-49-46-42-29-26-23-20-17-14-11-8-5-2/h9,12,18,21,27,41,47,50,56,59,67H,4-8,10-11,13-17,19-20,22-26,28-40,42-46,48-49,51-55,57-58,60-66H2,1-3H3/b12-9-,21-18-,41-27-,50-47-,59-56-. The molecule has 0 saturated carbocycles. The molecule has 1 unspecified atom stereocenters. The second kappa shape index (κ2) is 64.6. The summed E-state index contributed by atoms with van der Waals surface area (Å²) >= 11 is 0. The first-order chi connectivity index (χ1) is 37.5. The molecule has 6 heteroatoms. The van der Waals surface area contributed by atoms with Gasteiger partial charge in [0.25, 0.3) is 0 Å². The molecule has 0 rings (SSSR count). The summed E-state index contributed by atoms with van der Waals surface area (Å²) < 4.78 is 16.8. The number of hydrogen-bond acceptors (Lipinski definition) is 6. The molecule has 0 aliphatic rings. The summed E-state index contributed by atoms with van der Waals surface area (Å²) in [6, 6.07) is 0. The van der Waals surface area contributed by atoms with E-state index in [9.17, 15) is 14.4 Å². The van der Waals surface area contributed by atoms with Crippen molar-refractivity contribution < 1.29 is 28.6 Å². The van der Waals surface area contributed by atoms with Crippen LogP contribution in [0.25, 0.3) is 0 Å². The van der Waals surface area contributed by atoms with Crippen molar-refractivity contribution in [2.45, 2.75) is 354 Å². The zero-order valence-corrected chi connectivity index (χ0v) is 50.8. The summed E-state index contributed by atoms with van der Waals surface area (Å²) in [7, 11) is 0. The molecule has 442 valence electrons. The largest absolute Gasteiger partial charge is 0.462 e. The lowest BCUT2D eigenvalue weighted by molar-refractivity contribution is -0.166. The van der Waals surface area contributed by atoms with Gasteiger partial charge in [0.05, 0.1) is 6.42 Å². The lowest BCUT2D eigenvalue weighted by Gasteiger charge is -2.18. The van der Waals surface area contributed by atoms with E-state index in [2.05, 4.69) is 69.4 Å². The third kappa shape index (κ3) is 62.0. The van der Waals surface area contributed by atoms with Crippen LogP contribution in [0.5, 0.6) is 0 Å². The van der Waals surface area contributed by atoms with Crippen molar-refractivity contribution in [3.8, 4) is 0 Å². The average molecular weight is 1060 g/mol. The Kier molecular flexibility index (Phi) is 62.2. The van der Waals surface area contributed by atoms with E-state index in [-0.39, 0.29) is 31.6 Å². The van der Waals surface area contributed by atoms with Gasteiger partial charge in [-0.05, 0) is 44.9 Å². The van der Waals surface area contributed by atoms with Crippen LogP contribution in [0.2, 0.25) is 0 Å². The smallest absolute Gasteiger partial charge is 0.309 e. The van der Waals surface area contributed by atoms with Gasteiger partial charge in [0.1, 0.15) is 13.2 Å². The van der Waals surface area contributed by atoms with Crippen LogP contribution >= 0.6 is 0 Å². The first-order valence-electron chi connectivity index (χ1n) is 33.3. The molecule has 0 spiro atoms. The summed E-state index contributed by atoms with van der Waals surface area (Å²) in [6.45, 7) is 6.50. The second-order valence-corrected chi connectivity index (χ2v) is 22.4. The molecular weight excluding hydrogens is 937 g/mol. The molecule has 0 aromatic heterocycles. The van der Waals surface area contributed by atoms with Gasteiger partial charge in [-0.2, -0.15) is 0 Å². The van der Waals surface area contributed by atoms with Gasteiger partial charge in [-0.25, -0.2) is 0 Å². The zero-order valence-electron chi connectivity index (χ0n) is 50.8. The lowest BCUT2D eigenvalue weighted by atomic mass is 10.0. The third-order valence-corrected chi connectivity index (χ3v) is 14.8. The molecule has 0 radical (unpaired) electrons. The number of hydrogen-bond donors (Lipinski definition) is 0. The van der Waals surface area contributed by atoms with Gasteiger partial charge in [-0.1, -0.05) is 345 Å². The summed E-state index contributed by atoms with van der Waals surface area (Å²) in [5.74, 6) is -1.01. The molecule has 0 N–H and O–H groups in total. The Morgan fingerprint density at radius 3 is 0.803 bits per heavy atom. The van der Waals surface area contributed by atoms with Gasteiger partial charge in [0.15, 0.2) is 6.10 Å². The Morgan fingerprint density at radius 2 is 0.513 bits per heavy atom. The zero-order chi connectivity index (χ0) is 55.0. The van der Waals surface area contributed by atoms with E-state index in [0.717, 1.165) is 70.6 Å². The van der Waals surface area contributed by atoms with Gasteiger partial charge < -0.3 is 14.2 Å². The molecule has 0 bridgehead atoms. The fourth-order valence-electron chi connectivity index (χ4n) is 9.87. The first kappa shape index (κ1) is 73.1. The van der Waals surface area contributed by atoms with E-state index in [1.54, 1.807) is 0 Å². The average Bonchev–Trinajstić information content (AvgIpc) is 3.42. The van der Waals surface area contributed by atoms with Crippen molar-refractivity contribution in [1.82, 2.24) is 0 Å². The molecule has 0 heterocycles. The van der Waals surface area contributed by atoms with Crippen LogP contribution in [0, 0.1) is 0 Å². The molecule has 0 aromatic rings. The van der Waals surface area contributed by atoms with Crippen LogP contribution < -0.4 is 0 Å². The van der Waals surface area contributed by atoms with Crippen molar-refractivity contribution in [2.75, 3.05) is 13.2 Å². The van der Waals surface area contributed by atoms with E-state index >= 15 is 0 Å². The maximum Gasteiger partial charge on any atom is 0.309 e. The van der Waals surface area contributed by atoms with Gasteiger partial charge in [0.2, 0.25) is 0 Å². The summed E-state index contributed by atoms with van der Waals surface area (Å²) in [5, 5.41) is 0. The van der Waals surface area contributed by atoms with Crippen LogP contribution in [0.1, 0.15) is 348 Å². The Bertz CT molecular complexity index is 1360. The van der Waals surface area contributed by atoms with Gasteiger partial charge >= 0.3 is 17.9 Å². The molecule has 0 aliphatic heterocycles. The number of allylic oxidation sites excluding steroid dienone is 9. The summed E-state index contributed by atoms with van der Waals surface area (Å²) in [6.07, 6.45) is 82.8. The maximum absolute atomic E-state index is 12.9. The van der Waals surface area contributed by atoms with E-state index in [4.69, 9.17) is 14.2 Å².